The zero-order valence-corrected chi connectivity index (χ0v) is 20.5. The van der Waals surface area contributed by atoms with E-state index in [1.807, 2.05) is 66.7 Å². The number of aromatic nitrogens is 1. The summed E-state index contributed by atoms with van der Waals surface area (Å²) in [5.74, 6) is 0. The van der Waals surface area contributed by atoms with Gasteiger partial charge in [-0.2, -0.15) is 0 Å². The fraction of sp³-hybridized carbons (Fsp3) is 0.0968. The van der Waals surface area contributed by atoms with Gasteiger partial charge in [0.05, 0.1) is 0 Å². The molecule has 0 saturated heterocycles. The van der Waals surface area contributed by atoms with Crippen molar-refractivity contribution in [1.82, 2.24) is 4.57 Å². The molecule has 0 aliphatic heterocycles. The smallest absolute Gasteiger partial charge is 0.172 e. The molecular formula is C31H28NOP. The Hall–Kier alpha value is -3.61. The van der Waals surface area contributed by atoms with Crippen LogP contribution < -0.4 is 15.9 Å². The van der Waals surface area contributed by atoms with Crippen LogP contribution in [-0.2, 0) is 11.0 Å². The summed E-state index contributed by atoms with van der Waals surface area (Å²) in [5.41, 5.74) is 5.69. The molecule has 168 valence electrons. The second-order valence-corrected chi connectivity index (χ2v) is 11.5. The van der Waals surface area contributed by atoms with E-state index in [0.29, 0.717) is 0 Å². The fourth-order valence-corrected chi connectivity index (χ4v) is 7.59. The van der Waals surface area contributed by atoms with Gasteiger partial charge >= 0.3 is 0 Å². The first-order chi connectivity index (χ1) is 16.6. The van der Waals surface area contributed by atoms with E-state index in [2.05, 4.69) is 73.0 Å². The van der Waals surface area contributed by atoms with E-state index in [1.54, 1.807) is 0 Å². The number of benzene rings is 4. The van der Waals surface area contributed by atoms with Gasteiger partial charge in [-0.1, -0.05) is 109 Å². The molecule has 4 aromatic carbocycles. The van der Waals surface area contributed by atoms with Gasteiger partial charge in [-0.15, -0.1) is 0 Å². The van der Waals surface area contributed by atoms with Crippen molar-refractivity contribution in [1.29, 1.82) is 0 Å². The van der Waals surface area contributed by atoms with Crippen LogP contribution in [0.2, 0.25) is 0 Å². The quantitative estimate of drug-likeness (QED) is 0.271. The topological polar surface area (TPSA) is 22.0 Å². The van der Waals surface area contributed by atoms with E-state index < -0.39 is 7.14 Å². The highest BCUT2D eigenvalue weighted by Crippen LogP contribution is 2.44. The van der Waals surface area contributed by atoms with Crippen LogP contribution in [-0.4, -0.2) is 4.57 Å². The van der Waals surface area contributed by atoms with Gasteiger partial charge in [-0.3, -0.25) is 0 Å². The Balaban J connectivity index is 1.77. The molecule has 0 fully saturated rings. The molecule has 5 aromatic rings. The van der Waals surface area contributed by atoms with Crippen molar-refractivity contribution in [2.24, 2.45) is 0 Å². The molecule has 0 aliphatic rings. The van der Waals surface area contributed by atoms with Crippen molar-refractivity contribution in [2.45, 2.75) is 20.3 Å². The van der Waals surface area contributed by atoms with Gasteiger partial charge in [0.2, 0.25) is 0 Å². The van der Waals surface area contributed by atoms with Crippen LogP contribution in [0.4, 0.5) is 0 Å². The maximum atomic E-state index is 15.1. The van der Waals surface area contributed by atoms with Crippen molar-refractivity contribution in [3.63, 3.8) is 0 Å². The molecule has 3 heteroatoms. The zero-order valence-electron chi connectivity index (χ0n) is 19.6. The molecular weight excluding hydrogens is 433 g/mol. The third kappa shape index (κ3) is 4.06. The summed E-state index contributed by atoms with van der Waals surface area (Å²) in [6, 6.07) is 41.0. The number of rotatable bonds is 6. The molecule has 34 heavy (non-hydrogen) atoms. The first-order valence-corrected chi connectivity index (χ1v) is 13.3. The molecule has 0 atom stereocenters. The van der Waals surface area contributed by atoms with E-state index in [4.69, 9.17) is 0 Å². The summed E-state index contributed by atoms with van der Waals surface area (Å²) < 4.78 is 17.4. The van der Waals surface area contributed by atoms with Crippen LogP contribution in [0.15, 0.2) is 121 Å². The standard InChI is InChI=1S/C31H28NOP/c1-24-18-20-27(21-19-24)32-25(2)31(23-28(32)22-26-12-6-3-7-13-26)34(33,29-14-8-4-9-15-29)30-16-10-5-11-17-30/h3-21,23H,22H2,1-2H3. The van der Waals surface area contributed by atoms with Gasteiger partial charge in [0.15, 0.2) is 7.14 Å². The van der Waals surface area contributed by atoms with Crippen LogP contribution in [0, 0.1) is 13.8 Å². The molecule has 2 nitrogen and oxygen atoms in total. The van der Waals surface area contributed by atoms with Gasteiger partial charge < -0.3 is 9.13 Å². The average molecular weight is 462 g/mol. The molecule has 1 heterocycles. The predicted octanol–water partition coefficient (Wildman–Crippen LogP) is 6.32. The lowest BCUT2D eigenvalue weighted by Gasteiger charge is -2.20. The summed E-state index contributed by atoms with van der Waals surface area (Å²) in [6.07, 6.45) is 0.763. The highest BCUT2D eigenvalue weighted by molar-refractivity contribution is 7.85. The summed E-state index contributed by atoms with van der Waals surface area (Å²) in [5, 5.41) is 2.62. The van der Waals surface area contributed by atoms with Gasteiger partial charge in [-0.05, 0) is 37.6 Å². The monoisotopic (exact) mass is 461 g/mol. The average Bonchev–Trinajstić information content (AvgIpc) is 3.21. The second-order valence-electron chi connectivity index (χ2n) is 8.72. The Morgan fingerprint density at radius 1 is 0.647 bits per heavy atom. The second kappa shape index (κ2) is 9.33. The SMILES string of the molecule is Cc1ccc(-n2c(Cc3ccccc3)cc(P(=O)(c3ccccc3)c3ccccc3)c2C)cc1. The molecule has 0 bridgehead atoms. The molecule has 0 radical (unpaired) electrons. The Labute approximate surface area is 201 Å². The zero-order chi connectivity index (χ0) is 23.5. The van der Waals surface area contributed by atoms with Crippen molar-refractivity contribution >= 4 is 23.1 Å². The fourth-order valence-electron chi connectivity index (χ4n) is 4.67. The van der Waals surface area contributed by atoms with Crippen molar-refractivity contribution in [3.8, 4) is 5.69 Å². The molecule has 0 saturated carbocycles. The van der Waals surface area contributed by atoms with E-state index in [9.17, 15) is 0 Å². The highest BCUT2D eigenvalue weighted by atomic mass is 31.2. The van der Waals surface area contributed by atoms with Crippen LogP contribution in [0.5, 0.6) is 0 Å². The van der Waals surface area contributed by atoms with Gasteiger partial charge in [0.1, 0.15) is 0 Å². The van der Waals surface area contributed by atoms with E-state index in [-0.39, 0.29) is 0 Å². The van der Waals surface area contributed by atoms with Crippen LogP contribution in [0.1, 0.15) is 22.5 Å². The minimum Gasteiger partial charge on any atom is -0.317 e. The molecule has 0 spiro atoms. The summed E-state index contributed by atoms with van der Waals surface area (Å²) in [6.45, 7) is 4.20. The number of hydrogen-bond acceptors (Lipinski definition) is 1. The normalized spacial score (nSPS) is 11.5. The molecule has 0 amide bonds. The molecule has 1 aromatic heterocycles. The largest absolute Gasteiger partial charge is 0.317 e. The van der Waals surface area contributed by atoms with E-state index >= 15 is 4.57 Å². The Morgan fingerprint density at radius 2 is 1.15 bits per heavy atom. The van der Waals surface area contributed by atoms with Crippen molar-refractivity contribution in [2.75, 3.05) is 0 Å². The summed E-state index contributed by atoms with van der Waals surface area (Å²) >= 11 is 0. The van der Waals surface area contributed by atoms with Gasteiger partial charge in [0.25, 0.3) is 0 Å². The minimum absolute atomic E-state index is 0.763. The van der Waals surface area contributed by atoms with E-state index in [0.717, 1.165) is 39.4 Å². The van der Waals surface area contributed by atoms with Crippen molar-refractivity contribution in [3.05, 3.63) is 144 Å². The summed E-state index contributed by atoms with van der Waals surface area (Å²) in [4.78, 5) is 0. The van der Waals surface area contributed by atoms with Gasteiger partial charge in [0, 0.05) is 39.4 Å². The Kier molecular flexibility index (Phi) is 6.09. The molecule has 0 aliphatic carbocycles. The first kappa shape index (κ1) is 22.2. The van der Waals surface area contributed by atoms with Gasteiger partial charge in [-0.25, -0.2) is 0 Å². The lowest BCUT2D eigenvalue weighted by Crippen LogP contribution is -2.26. The maximum Gasteiger partial charge on any atom is 0.172 e. The number of hydrogen-bond donors (Lipinski definition) is 0. The lowest BCUT2D eigenvalue weighted by molar-refractivity contribution is 0.592. The summed E-state index contributed by atoms with van der Waals surface area (Å²) in [7, 11) is -3.08. The number of aryl methyl sites for hydroxylation is 1. The maximum absolute atomic E-state index is 15.1. The third-order valence-corrected chi connectivity index (χ3v) is 9.58. The minimum atomic E-state index is -3.08. The molecule has 5 rings (SSSR count). The van der Waals surface area contributed by atoms with Crippen LogP contribution in [0.25, 0.3) is 5.69 Å². The molecule has 0 unspecified atom stereocenters. The first-order valence-electron chi connectivity index (χ1n) is 11.6. The third-order valence-electron chi connectivity index (χ3n) is 6.40. The molecule has 0 N–H and O–H groups in total. The lowest BCUT2D eigenvalue weighted by atomic mass is 10.1. The Morgan fingerprint density at radius 3 is 1.68 bits per heavy atom. The van der Waals surface area contributed by atoms with E-state index in [1.165, 1.54) is 11.1 Å². The predicted molar refractivity (Wildman–Crippen MR) is 144 cm³/mol. The van der Waals surface area contributed by atoms with Crippen LogP contribution in [0.3, 0.4) is 0 Å². The van der Waals surface area contributed by atoms with Crippen LogP contribution >= 0.6 is 7.14 Å². The Bertz CT molecular complexity index is 1390. The number of nitrogens with zero attached hydrogens (tertiary/aromatic N) is 1. The highest BCUT2D eigenvalue weighted by Gasteiger charge is 2.33. The van der Waals surface area contributed by atoms with Crippen molar-refractivity contribution < 1.29 is 4.57 Å².